The van der Waals surface area contributed by atoms with E-state index in [1.54, 1.807) is 42.5 Å². The topological polar surface area (TPSA) is 101 Å². The molecule has 4 aromatic rings. The average Bonchev–Trinajstić information content (AvgIpc) is 3.26. The van der Waals surface area contributed by atoms with Gasteiger partial charge in [0.25, 0.3) is 0 Å². The van der Waals surface area contributed by atoms with Crippen molar-refractivity contribution in [3.8, 4) is 0 Å². The van der Waals surface area contributed by atoms with Gasteiger partial charge >= 0.3 is 0 Å². The molecule has 182 valence electrons. The van der Waals surface area contributed by atoms with Crippen molar-refractivity contribution in [2.75, 3.05) is 16.9 Å². The summed E-state index contributed by atoms with van der Waals surface area (Å²) in [6.45, 7) is 0.268. The molecule has 1 aromatic heterocycles. The van der Waals surface area contributed by atoms with E-state index in [0.717, 1.165) is 11.8 Å². The Morgan fingerprint density at radius 3 is 2.20 bits per heavy atom. The van der Waals surface area contributed by atoms with E-state index in [0.29, 0.717) is 15.3 Å². The maximum atomic E-state index is 13.3. The molecule has 0 fully saturated rings. The van der Waals surface area contributed by atoms with Crippen molar-refractivity contribution < 1.29 is 21.6 Å². The SMILES string of the molecule is CS(=O)(=O)c1ccc2nc(N(Cc3ccccc3)C(=O)CCCS(=O)(=O)c3ccccc3)sc2c1. The second-order valence-electron chi connectivity index (χ2n) is 8.10. The molecule has 0 radical (unpaired) electrons. The van der Waals surface area contributed by atoms with Gasteiger partial charge in [0.15, 0.2) is 24.8 Å². The van der Waals surface area contributed by atoms with Crippen molar-refractivity contribution >= 4 is 52.3 Å². The van der Waals surface area contributed by atoms with Gasteiger partial charge in [0.2, 0.25) is 5.91 Å². The number of rotatable bonds is 9. The molecule has 35 heavy (non-hydrogen) atoms. The highest BCUT2D eigenvalue weighted by atomic mass is 32.2. The standard InChI is InChI=1S/C25H24N2O5S3/c1-34(29,30)21-14-15-22-23(17-21)33-25(26-22)27(18-19-9-4-2-5-10-19)24(28)13-8-16-35(31,32)20-11-6-3-7-12-20/h2-7,9-12,14-15,17H,8,13,16,18H2,1H3. The Balaban J connectivity index is 1.57. The van der Waals surface area contributed by atoms with Crippen molar-refractivity contribution in [1.82, 2.24) is 4.98 Å². The number of thiazole rings is 1. The maximum absolute atomic E-state index is 13.3. The van der Waals surface area contributed by atoms with Crippen LogP contribution in [0.5, 0.6) is 0 Å². The molecule has 1 heterocycles. The zero-order valence-electron chi connectivity index (χ0n) is 19.0. The summed E-state index contributed by atoms with van der Waals surface area (Å²) in [7, 11) is -6.86. The third-order valence-corrected chi connectivity index (χ3v) is 9.37. The van der Waals surface area contributed by atoms with Gasteiger partial charge < -0.3 is 0 Å². The Hall–Kier alpha value is -3.08. The number of fused-ring (bicyclic) bond motifs is 1. The Bertz CT molecular complexity index is 1550. The van der Waals surface area contributed by atoms with E-state index in [-0.39, 0.29) is 40.8 Å². The lowest BCUT2D eigenvalue weighted by Crippen LogP contribution is -2.30. The Kier molecular flexibility index (Phi) is 7.34. The van der Waals surface area contributed by atoms with E-state index >= 15 is 0 Å². The van der Waals surface area contributed by atoms with Crippen LogP contribution in [-0.4, -0.2) is 39.7 Å². The summed E-state index contributed by atoms with van der Waals surface area (Å²) < 4.78 is 49.7. The smallest absolute Gasteiger partial charge is 0.229 e. The minimum absolute atomic E-state index is 0.0312. The lowest BCUT2D eigenvalue weighted by molar-refractivity contribution is -0.118. The molecule has 0 aliphatic carbocycles. The molecule has 0 atom stereocenters. The first-order valence-electron chi connectivity index (χ1n) is 10.9. The maximum Gasteiger partial charge on any atom is 0.229 e. The van der Waals surface area contributed by atoms with Crippen molar-refractivity contribution in [3.63, 3.8) is 0 Å². The largest absolute Gasteiger partial charge is 0.284 e. The van der Waals surface area contributed by atoms with E-state index in [2.05, 4.69) is 4.98 Å². The summed E-state index contributed by atoms with van der Waals surface area (Å²) in [6, 6.07) is 22.3. The average molecular weight is 529 g/mol. The van der Waals surface area contributed by atoms with E-state index < -0.39 is 19.7 Å². The molecule has 0 unspecified atom stereocenters. The number of carbonyl (C=O) groups excluding carboxylic acids is 1. The zero-order chi connectivity index (χ0) is 25.1. The fraction of sp³-hybridized carbons (Fsp3) is 0.200. The van der Waals surface area contributed by atoms with E-state index in [4.69, 9.17) is 0 Å². The molecule has 0 aliphatic heterocycles. The predicted octanol–water partition coefficient (Wildman–Crippen LogP) is 4.49. The molecule has 0 saturated heterocycles. The number of amides is 1. The van der Waals surface area contributed by atoms with Gasteiger partial charge in [-0.05, 0) is 42.3 Å². The van der Waals surface area contributed by atoms with Crippen LogP contribution >= 0.6 is 11.3 Å². The predicted molar refractivity (Wildman–Crippen MR) is 138 cm³/mol. The second kappa shape index (κ2) is 10.3. The van der Waals surface area contributed by atoms with Crippen molar-refractivity contribution in [3.05, 3.63) is 84.4 Å². The van der Waals surface area contributed by atoms with Gasteiger partial charge in [-0.3, -0.25) is 9.69 Å². The Labute approximate surface area is 208 Å². The van der Waals surface area contributed by atoms with Gasteiger partial charge in [-0.25, -0.2) is 21.8 Å². The molecule has 0 N–H and O–H groups in total. The van der Waals surface area contributed by atoms with Gasteiger partial charge in [0, 0.05) is 12.7 Å². The third-order valence-electron chi connectivity index (χ3n) is 5.40. The quantitative estimate of drug-likeness (QED) is 0.317. The molecule has 10 heteroatoms. The molecule has 3 aromatic carbocycles. The molecule has 0 bridgehead atoms. The normalized spacial score (nSPS) is 12.0. The minimum atomic E-state index is -3.49. The zero-order valence-corrected chi connectivity index (χ0v) is 21.4. The number of hydrogen-bond donors (Lipinski definition) is 0. The highest BCUT2D eigenvalue weighted by Gasteiger charge is 2.22. The Morgan fingerprint density at radius 2 is 1.54 bits per heavy atom. The number of benzene rings is 3. The molecule has 0 aliphatic rings. The van der Waals surface area contributed by atoms with Gasteiger partial charge in [-0.2, -0.15) is 0 Å². The summed E-state index contributed by atoms with van der Waals surface area (Å²) in [5.41, 5.74) is 1.49. The molecular weight excluding hydrogens is 504 g/mol. The van der Waals surface area contributed by atoms with Crippen LogP contribution in [-0.2, 0) is 31.0 Å². The number of hydrogen-bond acceptors (Lipinski definition) is 7. The Morgan fingerprint density at radius 1 is 0.886 bits per heavy atom. The first-order chi connectivity index (χ1) is 16.6. The summed E-state index contributed by atoms with van der Waals surface area (Å²) in [6.07, 6.45) is 1.35. The third kappa shape index (κ3) is 6.14. The highest BCUT2D eigenvalue weighted by molar-refractivity contribution is 7.91. The molecule has 0 saturated carbocycles. The van der Waals surface area contributed by atoms with Crippen LogP contribution in [0.4, 0.5) is 5.13 Å². The van der Waals surface area contributed by atoms with Crippen LogP contribution in [0.1, 0.15) is 18.4 Å². The van der Waals surface area contributed by atoms with Crippen LogP contribution in [0.2, 0.25) is 0 Å². The molecule has 1 amide bonds. The molecule has 4 rings (SSSR count). The van der Waals surface area contributed by atoms with Crippen molar-refractivity contribution in [2.45, 2.75) is 29.2 Å². The van der Waals surface area contributed by atoms with Gasteiger partial charge in [0.1, 0.15) is 0 Å². The summed E-state index contributed by atoms with van der Waals surface area (Å²) in [4.78, 5) is 19.8. The van der Waals surface area contributed by atoms with Crippen molar-refractivity contribution in [2.24, 2.45) is 0 Å². The lowest BCUT2D eigenvalue weighted by Gasteiger charge is -2.20. The van der Waals surface area contributed by atoms with E-state index in [1.807, 2.05) is 30.3 Å². The lowest BCUT2D eigenvalue weighted by atomic mass is 10.2. The second-order valence-corrected chi connectivity index (χ2v) is 13.2. The van der Waals surface area contributed by atoms with Gasteiger partial charge in [-0.1, -0.05) is 59.9 Å². The number of anilines is 1. The summed E-state index contributed by atoms with van der Waals surface area (Å²) >= 11 is 1.23. The first kappa shape index (κ1) is 25.0. The molecular formula is C25H24N2O5S3. The number of carbonyl (C=O) groups is 1. The highest BCUT2D eigenvalue weighted by Crippen LogP contribution is 2.32. The number of sulfone groups is 2. The summed E-state index contributed by atoms with van der Waals surface area (Å²) in [5.74, 6) is -0.390. The van der Waals surface area contributed by atoms with Crippen LogP contribution < -0.4 is 4.90 Å². The van der Waals surface area contributed by atoms with Gasteiger partial charge in [0.05, 0.1) is 32.3 Å². The molecule has 0 spiro atoms. The van der Waals surface area contributed by atoms with Crippen LogP contribution in [0.25, 0.3) is 10.2 Å². The van der Waals surface area contributed by atoms with Crippen LogP contribution in [0.3, 0.4) is 0 Å². The van der Waals surface area contributed by atoms with Crippen LogP contribution in [0.15, 0.2) is 88.7 Å². The fourth-order valence-electron chi connectivity index (χ4n) is 3.56. The monoisotopic (exact) mass is 528 g/mol. The van der Waals surface area contributed by atoms with E-state index in [1.165, 1.54) is 22.3 Å². The van der Waals surface area contributed by atoms with Gasteiger partial charge in [-0.15, -0.1) is 0 Å². The van der Waals surface area contributed by atoms with Crippen molar-refractivity contribution in [1.29, 1.82) is 0 Å². The molecule has 7 nitrogen and oxygen atoms in total. The minimum Gasteiger partial charge on any atom is -0.284 e. The summed E-state index contributed by atoms with van der Waals surface area (Å²) in [5, 5.41) is 0.436. The number of nitrogens with zero attached hydrogens (tertiary/aromatic N) is 2. The first-order valence-corrected chi connectivity index (χ1v) is 15.2. The van der Waals surface area contributed by atoms with E-state index in [9.17, 15) is 21.6 Å². The fourth-order valence-corrected chi connectivity index (χ4v) is 6.64. The number of aromatic nitrogens is 1. The van der Waals surface area contributed by atoms with Crippen LogP contribution in [0, 0.1) is 0 Å².